The number of ether oxygens (including phenoxy) is 1. The third-order valence-electron chi connectivity index (χ3n) is 7.20. The smallest absolute Gasteiger partial charge is 0.331 e. The summed E-state index contributed by atoms with van der Waals surface area (Å²) < 4.78 is 22.7. The van der Waals surface area contributed by atoms with Crippen molar-refractivity contribution in [3.05, 3.63) is 38.8 Å². The van der Waals surface area contributed by atoms with E-state index in [1.165, 1.54) is 19.6 Å². The van der Waals surface area contributed by atoms with Crippen LogP contribution >= 0.6 is 0 Å². The van der Waals surface area contributed by atoms with Crippen LogP contribution in [0.15, 0.2) is 21.7 Å². The summed E-state index contributed by atoms with van der Waals surface area (Å²) in [5, 5.41) is 3.47. The summed E-state index contributed by atoms with van der Waals surface area (Å²) in [6.45, 7) is 3.13. The maximum absolute atomic E-state index is 15.1. The number of carbonyl (C=O) groups is 1. The minimum absolute atomic E-state index is 0.0546. The number of hydrogen-bond donors (Lipinski definition) is 1. The molecule has 180 valence electrons. The van der Waals surface area contributed by atoms with E-state index in [0.29, 0.717) is 11.2 Å². The van der Waals surface area contributed by atoms with Gasteiger partial charge in [-0.3, -0.25) is 18.7 Å². The zero-order chi connectivity index (χ0) is 23.8. The Morgan fingerprint density at radius 1 is 1.09 bits per heavy atom. The van der Waals surface area contributed by atoms with Crippen LogP contribution < -0.4 is 16.6 Å². The molecule has 1 N–H and O–H groups in total. The Morgan fingerprint density at radius 3 is 2.36 bits per heavy atom. The van der Waals surface area contributed by atoms with Crippen molar-refractivity contribution in [1.29, 1.82) is 0 Å². The molecule has 0 spiro atoms. The highest BCUT2D eigenvalue weighted by atomic mass is 19.1. The normalized spacial score (nSPS) is 18.1. The van der Waals surface area contributed by atoms with Gasteiger partial charge in [0.1, 0.15) is 5.82 Å². The van der Waals surface area contributed by atoms with Crippen molar-refractivity contribution in [2.75, 3.05) is 12.4 Å². The Morgan fingerprint density at radius 2 is 1.73 bits per heavy atom. The summed E-state index contributed by atoms with van der Waals surface area (Å²) in [5.41, 5.74) is -1.31. The number of halogens is 1. The standard InChI is InChI=1S/C25H34FN3O4/c1-25(2,23(31)33-3)15-28-22(30)18-13-19(26)20(27-16-9-5-4-6-10-16)14-21(18)29(24(28)32)17-11-7-8-12-17/h13-14,16-17,27H,4-12,15H2,1-3H3. The van der Waals surface area contributed by atoms with Crippen LogP contribution in [0.25, 0.3) is 10.9 Å². The fourth-order valence-corrected chi connectivity index (χ4v) is 5.37. The molecule has 2 aliphatic carbocycles. The number of nitrogens with one attached hydrogen (secondary N) is 1. The molecule has 2 aliphatic rings. The molecule has 2 saturated carbocycles. The maximum Gasteiger partial charge on any atom is 0.331 e. The molecule has 0 aliphatic heterocycles. The summed E-state index contributed by atoms with van der Waals surface area (Å²) in [5.74, 6) is -1.01. The molecule has 33 heavy (non-hydrogen) atoms. The second kappa shape index (κ2) is 9.31. The van der Waals surface area contributed by atoms with Gasteiger partial charge in [-0.15, -0.1) is 0 Å². The molecule has 2 aromatic rings. The molecule has 1 aromatic heterocycles. The number of anilines is 1. The Hall–Kier alpha value is -2.64. The van der Waals surface area contributed by atoms with Gasteiger partial charge in [0.2, 0.25) is 0 Å². The molecule has 4 rings (SSSR count). The van der Waals surface area contributed by atoms with Crippen molar-refractivity contribution in [1.82, 2.24) is 9.13 Å². The SMILES string of the molecule is COC(=O)C(C)(C)Cn1c(=O)c2cc(F)c(NC3CCCCC3)cc2n(C2CCCC2)c1=O. The van der Waals surface area contributed by atoms with E-state index in [1.807, 2.05) is 0 Å². The Labute approximate surface area is 192 Å². The Bertz CT molecular complexity index is 1150. The fraction of sp³-hybridized carbons (Fsp3) is 0.640. The summed E-state index contributed by atoms with van der Waals surface area (Å²) in [7, 11) is 1.28. The summed E-state index contributed by atoms with van der Waals surface area (Å²) in [4.78, 5) is 39.2. The molecule has 0 unspecified atom stereocenters. The molecule has 1 heterocycles. The van der Waals surface area contributed by atoms with Gasteiger partial charge in [0.15, 0.2) is 0 Å². The van der Waals surface area contributed by atoms with Gasteiger partial charge in [0.05, 0.1) is 29.1 Å². The minimum Gasteiger partial charge on any atom is -0.469 e. The number of benzene rings is 1. The van der Waals surface area contributed by atoms with Crippen molar-refractivity contribution in [2.24, 2.45) is 5.41 Å². The predicted octanol–water partition coefficient (Wildman–Crippen LogP) is 4.36. The Balaban J connectivity index is 1.87. The van der Waals surface area contributed by atoms with E-state index >= 15 is 4.39 Å². The van der Waals surface area contributed by atoms with Gasteiger partial charge in [0.25, 0.3) is 5.56 Å². The molecule has 7 nitrogen and oxygen atoms in total. The highest BCUT2D eigenvalue weighted by molar-refractivity contribution is 5.82. The quantitative estimate of drug-likeness (QED) is 0.649. The van der Waals surface area contributed by atoms with Gasteiger partial charge in [-0.05, 0) is 51.7 Å². The topological polar surface area (TPSA) is 82.3 Å². The molecule has 1 aromatic carbocycles. The molecule has 0 saturated heterocycles. The second-order valence-electron chi connectivity index (χ2n) is 10.2. The van der Waals surface area contributed by atoms with Crippen molar-refractivity contribution in [3.63, 3.8) is 0 Å². The molecular weight excluding hydrogens is 425 g/mol. The molecule has 0 amide bonds. The van der Waals surface area contributed by atoms with Crippen molar-refractivity contribution >= 4 is 22.6 Å². The summed E-state index contributed by atoms with van der Waals surface area (Å²) in [6, 6.07) is 3.02. The van der Waals surface area contributed by atoms with Crippen LogP contribution in [0.4, 0.5) is 10.1 Å². The molecule has 0 atom stereocenters. The third-order valence-corrected chi connectivity index (χ3v) is 7.20. The molecule has 8 heteroatoms. The van der Waals surface area contributed by atoms with Gasteiger partial charge in [-0.1, -0.05) is 32.1 Å². The van der Waals surface area contributed by atoms with Gasteiger partial charge in [-0.25, -0.2) is 9.18 Å². The monoisotopic (exact) mass is 459 g/mol. The number of hydrogen-bond acceptors (Lipinski definition) is 5. The van der Waals surface area contributed by atoms with Gasteiger partial charge in [0, 0.05) is 18.6 Å². The van der Waals surface area contributed by atoms with Crippen LogP contribution in [-0.4, -0.2) is 28.3 Å². The first-order chi connectivity index (χ1) is 15.7. The predicted molar refractivity (Wildman–Crippen MR) is 126 cm³/mol. The summed E-state index contributed by atoms with van der Waals surface area (Å²) >= 11 is 0. The molecule has 0 radical (unpaired) electrons. The van der Waals surface area contributed by atoms with E-state index in [2.05, 4.69) is 5.32 Å². The lowest BCUT2D eigenvalue weighted by Crippen LogP contribution is -2.45. The number of nitrogens with zero attached hydrogens (tertiary/aromatic N) is 2. The van der Waals surface area contributed by atoms with Crippen LogP contribution in [0.5, 0.6) is 0 Å². The highest BCUT2D eigenvalue weighted by Crippen LogP contribution is 2.32. The number of rotatable bonds is 6. The first-order valence-corrected chi connectivity index (χ1v) is 12.1. The van der Waals surface area contributed by atoms with Crippen molar-refractivity contribution in [2.45, 2.75) is 90.3 Å². The van der Waals surface area contributed by atoms with E-state index < -0.39 is 28.5 Å². The third kappa shape index (κ3) is 4.57. The van der Waals surface area contributed by atoms with Gasteiger partial charge >= 0.3 is 11.7 Å². The van der Waals surface area contributed by atoms with Crippen molar-refractivity contribution in [3.8, 4) is 0 Å². The van der Waals surface area contributed by atoms with Crippen LogP contribution in [0.2, 0.25) is 0 Å². The first-order valence-electron chi connectivity index (χ1n) is 12.1. The molecule has 0 bridgehead atoms. The van der Waals surface area contributed by atoms with Crippen molar-refractivity contribution < 1.29 is 13.9 Å². The van der Waals surface area contributed by atoms with Gasteiger partial charge < -0.3 is 10.1 Å². The zero-order valence-electron chi connectivity index (χ0n) is 19.8. The fourth-order valence-electron chi connectivity index (χ4n) is 5.37. The van der Waals surface area contributed by atoms with E-state index in [0.717, 1.165) is 55.9 Å². The first kappa shape index (κ1) is 23.5. The molecular formula is C25H34FN3O4. The van der Waals surface area contributed by atoms with E-state index in [1.54, 1.807) is 24.5 Å². The van der Waals surface area contributed by atoms with E-state index in [4.69, 9.17) is 4.74 Å². The van der Waals surface area contributed by atoms with Gasteiger partial charge in [-0.2, -0.15) is 0 Å². The van der Waals surface area contributed by atoms with Crippen LogP contribution in [-0.2, 0) is 16.1 Å². The van der Waals surface area contributed by atoms with E-state index in [9.17, 15) is 14.4 Å². The van der Waals surface area contributed by atoms with Crippen LogP contribution in [0.3, 0.4) is 0 Å². The van der Waals surface area contributed by atoms with Crippen LogP contribution in [0.1, 0.15) is 77.7 Å². The lowest BCUT2D eigenvalue weighted by Gasteiger charge is -2.26. The number of aromatic nitrogens is 2. The average molecular weight is 460 g/mol. The number of methoxy groups -OCH3 is 1. The highest BCUT2D eigenvalue weighted by Gasteiger charge is 2.32. The lowest BCUT2D eigenvalue weighted by atomic mass is 9.93. The number of carbonyl (C=O) groups excluding carboxylic acids is 1. The number of fused-ring (bicyclic) bond motifs is 1. The maximum atomic E-state index is 15.1. The average Bonchev–Trinajstić information content (AvgIpc) is 3.32. The zero-order valence-corrected chi connectivity index (χ0v) is 19.8. The van der Waals surface area contributed by atoms with Crippen LogP contribution in [0, 0.1) is 11.2 Å². The largest absolute Gasteiger partial charge is 0.469 e. The molecule has 2 fully saturated rings. The van der Waals surface area contributed by atoms with E-state index in [-0.39, 0.29) is 24.0 Å². The Kier molecular flexibility index (Phi) is 6.64. The second-order valence-corrected chi connectivity index (χ2v) is 10.2. The number of esters is 1. The lowest BCUT2D eigenvalue weighted by molar-refractivity contribution is -0.151. The minimum atomic E-state index is -1.08. The summed E-state index contributed by atoms with van der Waals surface area (Å²) in [6.07, 6.45) is 9.04.